The molecule has 2 aromatic rings. The first-order valence-electron chi connectivity index (χ1n) is 8.46. The van der Waals surface area contributed by atoms with Crippen LogP contribution < -0.4 is 10.5 Å². The van der Waals surface area contributed by atoms with Crippen molar-refractivity contribution in [3.63, 3.8) is 0 Å². The summed E-state index contributed by atoms with van der Waals surface area (Å²) in [5, 5.41) is 0. The van der Waals surface area contributed by atoms with Crippen LogP contribution in [0.15, 0.2) is 54.6 Å². The second-order valence-electron chi connectivity index (χ2n) is 5.70. The summed E-state index contributed by atoms with van der Waals surface area (Å²) in [4.78, 5) is 14.6. The van der Waals surface area contributed by atoms with Crippen molar-refractivity contribution in [1.82, 2.24) is 4.90 Å². The van der Waals surface area contributed by atoms with Crippen LogP contribution in [0.2, 0.25) is 0 Å². The Morgan fingerprint density at radius 3 is 2.32 bits per heavy atom. The zero-order chi connectivity index (χ0) is 17.2. The minimum atomic E-state index is 0. The minimum absolute atomic E-state index is 0. The zero-order valence-electron chi connectivity index (χ0n) is 14.7. The van der Waals surface area contributed by atoms with Gasteiger partial charge in [-0.1, -0.05) is 42.5 Å². The van der Waals surface area contributed by atoms with Crippen LogP contribution in [0.3, 0.4) is 0 Å². The summed E-state index contributed by atoms with van der Waals surface area (Å²) in [6, 6.07) is 17.8. The standard InChI is InChI=1S/C20H26N2O2.ClH/c1-2-24-19-11-9-17(10-12-19)15-20(23)22(14-6-13-21)16-18-7-4-3-5-8-18;/h3-5,7-12H,2,6,13-16,21H2,1H3;1H. The van der Waals surface area contributed by atoms with Gasteiger partial charge < -0.3 is 15.4 Å². The summed E-state index contributed by atoms with van der Waals surface area (Å²) in [6.07, 6.45) is 1.20. The number of carbonyl (C=O) groups is 1. The van der Waals surface area contributed by atoms with Crippen LogP contribution in [-0.2, 0) is 17.8 Å². The Balaban J connectivity index is 0.00000312. The predicted molar refractivity (Wildman–Crippen MR) is 104 cm³/mol. The summed E-state index contributed by atoms with van der Waals surface area (Å²) in [5.41, 5.74) is 7.74. The molecule has 0 heterocycles. The topological polar surface area (TPSA) is 55.6 Å². The van der Waals surface area contributed by atoms with E-state index in [-0.39, 0.29) is 18.3 Å². The number of nitrogens with two attached hydrogens (primary N) is 1. The van der Waals surface area contributed by atoms with Crippen LogP contribution in [0, 0.1) is 0 Å². The van der Waals surface area contributed by atoms with Gasteiger partial charge in [0.05, 0.1) is 13.0 Å². The fraction of sp³-hybridized carbons (Fsp3) is 0.350. The lowest BCUT2D eigenvalue weighted by Gasteiger charge is -2.23. The highest BCUT2D eigenvalue weighted by Crippen LogP contribution is 2.14. The molecule has 0 aliphatic carbocycles. The highest BCUT2D eigenvalue weighted by molar-refractivity contribution is 5.85. The van der Waals surface area contributed by atoms with Crippen LogP contribution in [0.25, 0.3) is 0 Å². The molecule has 0 aliphatic rings. The lowest BCUT2D eigenvalue weighted by molar-refractivity contribution is -0.131. The van der Waals surface area contributed by atoms with E-state index in [2.05, 4.69) is 0 Å². The monoisotopic (exact) mass is 362 g/mol. The molecule has 5 heteroatoms. The van der Waals surface area contributed by atoms with E-state index >= 15 is 0 Å². The summed E-state index contributed by atoms with van der Waals surface area (Å²) in [7, 11) is 0. The zero-order valence-corrected chi connectivity index (χ0v) is 15.5. The molecule has 0 saturated carbocycles. The number of benzene rings is 2. The van der Waals surface area contributed by atoms with E-state index in [4.69, 9.17) is 10.5 Å². The third-order valence-electron chi connectivity index (χ3n) is 3.79. The highest BCUT2D eigenvalue weighted by Gasteiger charge is 2.14. The van der Waals surface area contributed by atoms with Crippen LogP contribution in [0.4, 0.5) is 0 Å². The van der Waals surface area contributed by atoms with Gasteiger partial charge in [-0.2, -0.15) is 0 Å². The normalized spacial score (nSPS) is 10.0. The van der Waals surface area contributed by atoms with Gasteiger partial charge in [0.1, 0.15) is 5.75 Å². The van der Waals surface area contributed by atoms with Gasteiger partial charge in [-0.05, 0) is 43.1 Å². The van der Waals surface area contributed by atoms with Gasteiger partial charge in [0.15, 0.2) is 0 Å². The van der Waals surface area contributed by atoms with Crippen LogP contribution >= 0.6 is 12.4 Å². The van der Waals surface area contributed by atoms with Crippen molar-refractivity contribution >= 4 is 18.3 Å². The highest BCUT2D eigenvalue weighted by atomic mass is 35.5. The van der Waals surface area contributed by atoms with Gasteiger partial charge in [0.25, 0.3) is 0 Å². The molecule has 0 saturated heterocycles. The number of halogens is 1. The maximum atomic E-state index is 12.7. The SMILES string of the molecule is CCOc1ccc(CC(=O)N(CCCN)Cc2ccccc2)cc1.Cl. The molecule has 25 heavy (non-hydrogen) atoms. The summed E-state index contributed by atoms with van der Waals surface area (Å²) in [6.45, 7) is 4.48. The fourth-order valence-corrected chi connectivity index (χ4v) is 2.53. The largest absolute Gasteiger partial charge is 0.494 e. The lowest BCUT2D eigenvalue weighted by Crippen LogP contribution is -2.33. The van der Waals surface area contributed by atoms with Crippen LogP contribution in [-0.4, -0.2) is 30.5 Å². The molecule has 0 bridgehead atoms. The Hall–Kier alpha value is -2.04. The average Bonchev–Trinajstić information content (AvgIpc) is 2.61. The lowest BCUT2D eigenvalue weighted by atomic mass is 10.1. The van der Waals surface area contributed by atoms with Crippen molar-refractivity contribution < 1.29 is 9.53 Å². The summed E-state index contributed by atoms with van der Waals surface area (Å²) < 4.78 is 5.44. The van der Waals surface area contributed by atoms with Gasteiger partial charge in [-0.15, -0.1) is 12.4 Å². The molecular weight excluding hydrogens is 336 g/mol. The van der Waals surface area contributed by atoms with E-state index < -0.39 is 0 Å². The third-order valence-corrected chi connectivity index (χ3v) is 3.79. The first-order chi connectivity index (χ1) is 11.7. The maximum Gasteiger partial charge on any atom is 0.227 e. The molecule has 136 valence electrons. The molecule has 2 rings (SSSR count). The van der Waals surface area contributed by atoms with Gasteiger partial charge in [0.2, 0.25) is 5.91 Å². The first kappa shape index (κ1) is 21.0. The minimum Gasteiger partial charge on any atom is -0.494 e. The molecule has 2 N–H and O–H groups in total. The number of nitrogens with zero attached hydrogens (tertiary/aromatic N) is 1. The van der Waals surface area contributed by atoms with Crippen molar-refractivity contribution in [2.45, 2.75) is 26.3 Å². The van der Waals surface area contributed by atoms with E-state index in [1.54, 1.807) is 0 Å². The maximum absolute atomic E-state index is 12.7. The molecule has 2 aromatic carbocycles. The molecule has 1 amide bonds. The molecule has 4 nitrogen and oxygen atoms in total. The predicted octanol–water partition coefficient (Wildman–Crippen LogP) is 3.43. The molecule has 0 atom stereocenters. The molecule has 0 spiro atoms. The Bertz CT molecular complexity index is 617. The average molecular weight is 363 g/mol. The number of ether oxygens (including phenoxy) is 1. The van der Waals surface area contributed by atoms with Crippen LogP contribution in [0.5, 0.6) is 5.75 Å². The van der Waals surface area contributed by atoms with Gasteiger partial charge in [-0.3, -0.25) is 4.79 Å². The second-order valence-corrected chi connectivity index (χ2v) is 5.70. The number of hydrogen-bond donors (Lipinski definition) is 1. The van der Waals surface area contributed by atoms with E-state index in [0.717, 1.165) is 23.3 Å². The quantitative estimate of drug-likeness (QED) is 0.743. The van der Waals surface area contributed by atoms with Crippen molar-refractivity contribution in [3.05, 3.63) is 65.7 Å². The van der Waals surface area contributed by atoms with Crippen molar-refractivity contribution in [1.29, 1.82) is 0 Å². The van der Waals surface area contributed by atoms with Gasteiger partial charge in [-0.25, -0.2) is 0 Å². The van der Waals surface area contributed by atoms with E-state index in [0.29, 0.717) is 32.7 Å². The number of hydrogen-bond acceptors (Lipinski definition) is 3. The molecule has 0 radical (unpaired) electrons. The Morgan fingerprint density at radius 1 is 1.04 bits per heavy atom. The Labute approximate surface area is 156 Å². The van der Waals surface area contributed by atoms with E-state index in [9.17, 15) is 4.79 Å². The number of amides is 1. The number of carbonyl (C=O) groups excluding carboxylic acids is 1. The van der Waals surface area contributed by atoms with Gasteiger partial charge >= 0.3 is 0 Å². The Morgan fingerprint density at radius 2 is 1.72 bits per heavy atom. The smallest absolute Gasteiger partial charge is 0.227 e. The van der Waals surface area contributed by atoms with E-state index in [1.807, 2.05) is 66.4 Å². The second kappa shape index (κ2) is 11.5. The molecule has 0 aromatic heterocycles. The number of rotatable bonds is 9. The van der Waals surface area contributed by atoms with Crippen molar-refractivity contribution in [2.24, 2.45) is 5.73 Å². The van der Waals surface area contributed by atoms with Crippen molar-refractivity contribution in [2.75, 3.05) is 19.7 Å². The Kier molecular flexibility index (Phi) is 9.66. The molecule has 0 fully saturated rings. The van der Waals surface area contributed by atoms with Gasteiger partial charge in [0, 0.05) is 13.1 Å². The summed E-state index contributed by atoms with van der Waals surface area (Å²) >= 11 is 0. The third kappa shape index (κ3) is 7.16. The molecule has 0 aliphatic heterocycles. The summed E-state index contributed by atoms with van der Waals surface area (Å²) in [5.74, 6) is 0.953. The van der Waals surface area contributed by atoms with E-state index in [1.165, 1.54) is 0 Å². The molecular formula is C20H27ClN2O2. The van der Waals surface area contributed by atoms with Crippen LogP contribution in [0.1, 0.15) is 24.5 Å². The fourth-order valence-electron chi connectivity index (χ4n) is 2.53. The molecule has 0 unspecified atom stereocenters. The van der Waals surface area contributed by atoms with Crippen molar-refractivity contribution in [3.8, 4) is 5.75 Å². The first-order valence-corrected chi connectivity index (χ1v) is 8.46.